The second-order valence-electron chi connectivity index (χ2n) is 38.7. The van der Waals surface area contributed by atoms with Gasteiger partial charge in [0.2, 0.25) is 17.1 Å². The number of anilines is 3. The van der Waals surface area contributed by atoms with Crippen LogP contribution in [0.1, 0.15) is 231 Å². The summed E-state index contributed by atoms with van der Waals surface area (Å²) in [6.45, 7) is 22.8. The summed E-state index contributed by atoms with van der Waals surface area (Å²) in [5, 5.41) is 35.4. The van der Waals surface area contributed by atoms with Gasteiger partial charge in [0, 0.05) is 182 Å². The number of hydrogen-bond acceptors (Lipinski definition) is 30. The van der Waals surface area contributed by atoms with Gasteiger partial charge in [-0.3, -0.25) is 14.4 Å². The number of aromatic hydroxyl groups is 3. The zero-order chi connectivity index (χ0) is 107. The molecule has 149 heavy (non-hydrogen) atoms. The SMILES string of the molecule is CCCCCCN(CCCCCC)c1ccc2c(O)c(/C=C/C3=[N+](CCCS(=O)(=O)[O-])c4ccc(S(=O)(=O)[O-])cc4C3(C)C)c(=O)[nH]c2c1.CCCCCCN(CCCCCC)c1ccc2c(O)c(/C=C/C3=[N+](CCCS(=O)(=O)[O-])c4ccc(S(=O)(=O)[O-])cc4C3(C)C)c(=O)n(CCCS(=O)(=O)[O-])c2c1.CN(C)c1ccc2c(O)c(/C=C/C3=[N+](CCCS(=O)(=O)[O-])c4ccc(S(=O)(=O)[O-])cc4C3(C)C)c(=O)n(C)c2c1.[K+].[Na+].[Na+].[Na+]. The van der Waals surface area contributed by atoms with Gasteiger partial charge < -0.3 is 76.0 Å². The number of unbranched alkanes of at least 4 members (excludes halogenated alkanes) is 12. The van der Waals surface area contributed by atoms with Crippen LogP contribution in [0.15, 0.2) is 156 Å². The number of H-pyrrole nitrogens is 1. The van der Waals surface area contributed by atoms with E-state index in [1.807, 2.05) is 49.3 Å². The monoisotopic (exact) mass is 2250 g/mol. The minimum absolute atomic E-state index is 0. The summed E-state index contributed by atoms with van der Waals surface area (Å²) in [5.41, 5.74) is 4.13. The average Bonchev–Trinajstić information content (AvgIpc) is 1.60. The molecule has 3 aliphatic heterocycles. The van der Waals surface area contributed by atoms with Gasteiger partial charge in [0.1, 0.15) is 67.2 Å². The summed E-state index contributed by atoms with van der Waals surface area (Å²) in [6.07, 6.45) is 26.4. The second-order valence-corrected chi connectivity index (χ2v) is 48.9. The van der Waals surface area contributed by atoms with Crippen LogP contribution in [-0.4, -0.2) is 234 Å². The van der Waals surface area contributed by atoms with Gasteiger partial charge in [-0.25, -0.2) is 58.9 Å². The molecule has 47 heteroatoms. The van der Waals surface area contributed by atoms with Crippen LogP contribution < -0.4 is 171 Å². The van der Waals surface area contributed by atoms with Crippen LogP contribution in [0.3, 0.4) is 0 Å². The molecule has 0 atom stereocenters. The van der Waals surface area contributed by atoms with Crippen molar-refractivity contribution in [2.75, 3.05) is 97.6 Å². The summed E-state index contributed by atoms with van der Waals surface area (Å²) in [7, 11) is -27.1. The van der Waals surface area contributed by atoms with E-state index in [2.05, 4.69) is 42.5 Å². The molecule has 12 rings (SSSR count). The van der Waals surface area contributed by atoms with Crippen LogP contribution in [0.5, 0.6) is 17.2 Å². The number of aromatic nitrogens is 3. The second kappa shape index (κ2) is 55.8. The standard InChI is InChI=1S/C39H55N3O11S3.C36H49N3O8S2.C27H31N3O8S2.K.3Na/c1-5-7-9-11-21-40(22-12-10-8-6-2)29-15-17-31-35(27-29)42(24-14-26-55(48,49)50)38(44)32(37(31)43)18-20-36-39(3,4)33-28-30(56(51,52)53)16-19-34(33)41(36)23-13-25-54(45,46)47;1-5-7-9-11-20-38(21-12-10-8-6-2)26-14-16-28-31(24-26)37-35(41)29(34(28)40)17-19-33-36(3,4)30-25-27(49(45,46)47)15-18-32(30)39(33)22-13-23-48(42,43)44;1-27(2)21-16-18(40(36,37)38)8-11-22(21)30(13-6-14-39(33,34)35)24(27)12-10-20-25(31)19-9-7-17(28(3)4)15-23(19)29(5)26(20)32;;;;/h15-20,27-28H,5-14,21-26H2,1-4H3,(H3,45,46,47,48,49,50,51,52,53);14-19,24-25H,5-13,20-23H2,1-4H3,(H3,37,40,41,42,43,44,45,46,47);7-12,15-16H,6,13-14H2,1-5H3,(H2,33,34,35,36,37,38);;;;/q;;;4*+1/p-4. The molecule has 792 valence electrons. The fourth-order valence-corrected chi connectivity index (χ4v) is 22.4. The fraction of sp³-hybridized carbons (Fsp3) is 0.471. The normalized spacial score (nSPS) is 14.4. The zero-order valence-corrected chi connectivity index (χ0v) is 103. The van der Waals surface area contributed by atoms with E-state index in [1.54, 1.807) is 98.7 Å². The Morgan fingerprint density at radius 1 is 0.362 bits per heavy atom. The number of nitrogens with one attached hydrogen (secondary N) is 1. The molecule has 3 aliphatic rings. The largest absolute Gasteiger partial charge is 1.00 e. The Morgan fingerprint density at radius 3 is 1.00 bits per heavy atom. The molecule has 6 aromatic carbocycles. The Labute approximate surface area is 984 Å². The van der Waals surface area contributed by atoms with Crippen molar-refractivity contribution in [2.24, 2.45) is 7.05 Å². The summed E-state index contributed by atoms with van der Waals surface area (Å²) < 4.78 is 251. The average molecular weight is 2250 g/mol. The van der Waals surface area contributed by atoms with Crippen molar-refractivity contribution in [2.45, 2.75) is 235 Å². The number of pyridine rings is 3. The first-order valence-electron chi connectivity index (χ1n) is 48.6. The van der Waals surface area contributed by atoms with Gasteiger partial charge in [0.15, 0.2) is 17.1 Å². The summed E-state index contributed by atoms with van der Waals surface area (Å²) in [4.78, 5) is 49.2. The molecule has 0 unspecified atom stereocenters. The molecule has 0 saturated heterocycles. The van der Waals surface area contributed by atoms with Crippen LogP contribution in [0.2, 0.25) is 0 Å². The molecular formula is C102H131KN9Na3O27S7. The minimum atomic E-state index is -4.83. The van der Waals surface area contributed by atoms with Gasteiger partial charge >= 0.3 is 140 Å². The number of allylic oxidation sites excluding steroid dienone is 3. The number of rotatable bonds is 48. The Morgan fingerprint density at radius 2 is 0.664 bits per heavy atom. The Bertz CT molecular complexity index is 7640. The van der Waals surface area contributed by atoms with Crippen LogP contribution in [-0.2, 0) is 101 Å². The maximum absolute atomic E-state index is 14.3. The third-order valence-electron chi connectivity index (χ3n) is 26.8. The smallest absolute Gasteiger partial charge is 0.748 e. The molecule has 0 fully saturated rings. The fourth-order valence-electron chi connectivity index (χ4n) is 19.0. The molecule has 36 nitrogen and oxygen atoms in total. The molecule has 0 aliphatic carbocycles. The predicted octanol–water partition coefficient (Wildman–Crippen LogP) is 1.92. The van der Waals surface area contributed by atoms with E-state index in [9.17, 15) is 120 Å². The number of fused-ring (bicyclic) bond motifs is 6. The van der Waals surface area contributed by atoms with Crippen molar-refractivity contribution in [3.8, 4) is 17.2 Å². The Kier molecular flexibility index (Phi) is 49.3. The molecule has 0 bridgehead atoms. The molecule has 4 N–H and O–H groups in total. The van der Waals surface area contributed by atoms with Crippen molar-refractivity contribution in [1.29, 1.82) is 0 Å². The summed E-state index contributed by atoms with van der Waals surface area (Å²) >= 11 is 0. The third-order valence-corrected chi connectivity index (χ3v) is 32.5. The number of hydrogen-bond donors (Lipinski definition) is 4. The minimum Gasteiger partial charge on any atom is -0.748 e. The topological polar surface area (TPSA) is 557 Å². The van der Waals surface area contributed by atoms with Gasteiger partial charge in [-0.15, -0.1) is 0 Å². The van der Waals surface area contributed by atoms with Crippen molar-refractivity contribution in [3.63, 3.8) is 0 Å². The first-order valence-corrected chi connectivity index (χ1v) is 59.1. The van der Waals surface area contributed by atoms with Crippen LogP contribution in [0.25, 0.3) is 50.9 Å². The van der Waals surface area contributed by atoms with E-state index >= 15 is 0 Å². The van der Waals surface area contributed by atoms with Crippen molar-refractivity contribution in [1.82, 2.24) is 14.1 Å². The molecule has 0 spiro atoms. The number of aryl methyl sites for hydroxylation is 2. The maximum Gasteiger partial charge on any atom is 1.00 e. The molecule has 9 aromatic rings. The van der Waals surface area contributed by atoms with Gasteiger partial charge in [-0.1, -0.05) is 105 Å². The molecule has 0 amide bonds. The third kappa shape index (κ3) is 34.3. The van der Waals surface area contributed by atoms with Gasteiger partial charge in [-0.2, -0.15) is 13.7 Å². The van der Waals surface area contributed by atoms with E-state index in [-0.39, 0.29) is 226 Å². The molecule has 0 radical (unpaired) electrons. The van der Waals surface area contributed by atoms with E-state index in [4.69, 9.17) is 0 Å². The molecular weight excluding hydrogens is 2120 g/mol. The van der Waals surface area contributed by atoms with E-state index in [0.717, 1.165) is 139 Å². The zero-order valence-electron chi connectivity index (χ0n) is 88.1. The van der Waals surface area contributed by atoms with Crippen molar-refractivity contribution >= 4 is 173 Å². The van der Waals surface area contributed by atoms with E-state index in [0.29, 0.717) is 83.6 Å². The van der Waals surface area contributed by atoms with Gasteiger partial charge in [-0.05, 0) is 183 Å². The first kappa shape index (κ1) is 132. The number of nitrogens with zero attached hydrogens (tertiary/aromatic N) is 8. The van der Waals surface area contributed by atoms with Crippen LogP contribution >= 0.6 is 0 Å². The quantitative estimate of drug-likeness (QED) is 0.0183. The Hall–Kier alpha value is -6.01. The van der Waals surface area contributed by atoms with E-state index in [1.165, 1.54) is 94.8 Å². The number of aromatic amines is 1. The van der Waals surface area contributed by atoms with Gasteiger partial charge in [0.25, 0.3) is 16.7 Å². The molecule has 6 heterocycles. The maximum atomic E-state index is 14.3. The van der Waals surface area contributed by atoms with Crippen molar-refractivity contribution < 1.29 is 260 Å². The van der Waals surface area contributed by atoms with Crippen molar-refractivity contribution in [3.05, 3.63) is 192 Å². The summed E-state index contributed by atoms with van der Waals surface area (Å²) in [6, 6.07) is 28.1. The van der Waals surface area contributed by atoms with E-state index < -0.39 is 141 Å². The number of benzene rings is 6. The summed E-state index contributed by atoms with van der Waals surface area (Å²) in [5.74, 6) is -3.33. The molecule has 3 aromatic heterocycles. The van der Waals surface area contributed by atoms with Crippen LogP contribution in [0.4, 0.5) is 34.1 Å². The van der Waals surface area contributed by atoms with Crippen LogP contribution in [0, 0.1) is 0 Å². The van der Waals surface area contributed by atoms with Gasteiger partial charge in [0.05, 0.1) is 105 Å². The Balaban J connectivity index is 0.000000341. The first-order chi connectivity index (χ1) is 67.7. The molecule has 0 saturated carbocycles. The predicted molar refractivity (Wildman–Crippen MR) is 558 cm³/mol.